The van der Waals surface area contributed by atoms with E-state index in [0.29, 0.717) is 6.10 Å². The normalized spacial score (nSPS) is 38.8. The average Bonchev–Trinajstić information content (AvgIpc) is 2.47. The second-order valence-corrected chi connectivity index (χ2v) is 6.10. The first-order valence-corrected chi connectivity index (χ1v) is 7.74. The van der Waals surface area contributed by atoms with E-state index in [4.69, 9.17) is 10.5 Å². The second-order valence-electron chi connectivity index (χ2n) is 6.10. The third-order valence-corrected chi connectivity index (χ3v) is 5.36. The van der Waals surface area contributed by atoms with Crippen LogP contribution in [0.25, 0.3) is 0 Å². The Labute approximate surface area is 112 Å². The Morgan fingerprint density at radius 3 is 2.78 bits per heavy atom. The highest BCUT2D eigenvalue weighted by Gasteiger charge is 2.44. The Morgan fingerprint density at radius 2 is 2.11 bits per heavy atom. The number of likely N-dealkylation sites (tertiary alicyclic amines) is 1. The molecular weight excluding hydrogens is 224 g/mol. The molecule has 0 aromatic heterocycles. The zero-order chi connectivity index (χ0) is 13.0. The van der Waals surface area contributed by atoms with Gasteiger partial charge in [0, 0.05) is 25.7 Å². The van der Waals surface area contributed by atoms with Gasteiger partial charge in [0.25, 0.3) is 0 Å². The summed E-state index contributed by atoms with van der Waals surface area (Å²) in [6, 6.07) is 0. The monoisotopic (exact) mass is 254 g/mol. The quantitative estimate of drug-likeness (QED) is 0.837. The molecule has 0 aromatic rings. The van der Waals surface area contributed by atoms with Gasteiger partial charge in [0.2, 0.25) is 0 Å². The lowest BCUT2D eigenvalue weighted by Crippen LogP contribution is -2.62. The van der Waals surface area contributed by atoms with Crippen LogP contribution < -0.4 is 5.73 Å². The molecule has 0 aromatic carbocycles. The van der Waals surface area contributed by atoms with Crippen LogP contribution in [0.2, 0.25) is 0 Å². The lowest BCUT2D eigenvalue weighted by molar-refractivity contribution is -0.0558. The van der Waals surface area contributed by atoms with Gasteiger partial charge < -0.3 is 10.5 Å². The topological polar surface area (TPSA) is 38.5 Å². The maximum Gasteiger partial charge on any atom is 0.0698 e. The maximum absolute atomic E-state index is 6.24. The van der Waals surface area contributed by atoms with Crippen molar-refractivity contribution in [1.82, 2.24) is 4.90 Å². The summed E-state index contributed by atoms with van der Waals surface area (Å²) in [4.78, 5) is 2.68. The van der Waals surface area contributed by atoms with Gasteiger partial charge in [-0.15, -0.1) is 0 Å². The summed E-state index contributed by atoms with van der Waals surface area (Å²) < 4.78 is 5.59. The Bertz CT molecular complexity index is 259. The van der Waals surface area contributed by atoms with Crippen molar-refractivity contribution in [1.29, 1.82) is 0 Å². The van der Waals surface area contributed by atoms with E-state index in [1.807, 2.05) is 7.11 Å². The molecule has 2 N–H and O–H groups in total. The first-order valence-electron chi connectivity index (χ1n) is 7.74. The molecule has 0 bridgehead atoms. The predicted octanol–water partition coefficient (Wildman–Crippen LogP) is 2.39. The van der Waals surface area contributed by atoms with Crippen LogP contribution >= 0.6 is 0 Å². The summed E-state index contributed by atoms with van der Waals surface area (Å²) in [7, 11) is 1.85. The van der Waals surface area contributed by atoms with Crippen molar-refractivity contribution in [3.63, 3.8) is 0 Å². The van der Waals surface area contributed by atoms with Crippen LogP contribution in [-0.2, 0) is 4.74 Å². The van der Waals surface area contributed by atoms with Gasteiger partial charge in [-0.05, 0) is 38.1 Å². The van der Waals surface area contributed by atoms with Gasteiger partial charge in [-0.1, -0.05) is 26.2 Å². The summed E-state index contributed by atoms with van der Waals surface area (Å²) in [6.07, 6.45) is 9.55. The molecule has 1 heterocycles. The van der Waals surface area contributed by atoms with Gasteiger partial charge in [-0.2, -0.15) is 0 Å². The van der Waals surface area contributed by atoms with Crippen LogP contribution in [0.5, 0.6) is 0 Å². The van der Waals surface area contributed by atoms with Gasteiger partial charge in [0.15, 0.2) is 0 Å². The fraction of sp³-hybridized carbons (Fsp3) is 1.00. The number of methoxy groups -OCH3 is 1. The third kappa shape index (κ3) is 2.59. The molecule has 2 aliphatic rings. The van der Waals surface area contributed by atoms with Crippen molar-refractivity contribution >= 4 is 0 Å². The predicted molar refractivity (Wildman–Crippen MR) is 75.6 cm³/mol. The number of piperidine rings is 1. The summed E-state index contributed by atoms with van der Waals surface area (Å²) in [5, 5.41) is 0. The molecule has 1 saturated carbocycles. The maximum atomic E-state index is 6.24. The highest BCUT2D eigenvalue weighted by Crippen LogP contribution is 2.41. The van der Waals surface area contributed by atoms with Crippen LogP contribution in [-0.4, -0.2) is 43.3 Å². The van der Waals surface area contributed by atoms with E-state index in [1.165, 1.54) is 51.5 Å². The number of nitrogens with zero attached hydrogens (tertiary/aromatic N) is 1. The highest BCUT2D eigenvalue weighted by molar-refractivity contribution is 5.01. The SMILES string of the molecule is CCC1CCCCC1(CN)N1CCCC(OC)C1. The number of nitrogens with two attached hydrogens (primary N) is 1. The molecule has 2 rings (SSSR count). The lowest BCUT2D eigenvalue weighted by atomic mass is 9.69. The number of hydrogen-bond acceptors (Lipinski definition) is 3. The number of hydrogen-bond donors (Lipinski definition) is 1. The van der Waals surface area contributed by atoms with Crippen molar-refractivity contribution in [3.05, 3.63) is 0 Å². The molecule has 18 heavy (non-hydrogen) atoms. The molecule has 3 atom stereocenters. The molecule has 3 heteroatoms. The molecule has 1 aliphatic heterocycles. The molecule has 3 nitrogen and oxygen atoms in total. The minimum atomic E-state index is 0.268. The zero-order valence-corrected chi connectivity index (χ0v) is 12.2. The van der Waals surface area contributed by atoms with Gasteiger partial charge in [0.1, 0.15) is 0 Å². The lowest BCUT2D eigenvalue weighted by Gasteiger charge is -2.53. The van der Waals surface area contributed by atoms with E-state index in [0.717, 1.165) is 19.0 Å². The Hall–Kier alpha value is -0.120. The minimum absolute atomic E-state index is 0.268. The Balaban J connectivity index is 2.13. The van der Waals surface area contributed by atoms with Crippen molar-refractivity contribution < 1.29 is 4.74 Å². The van der Waals surface area contributed by atoms with E-state index in [1.54, 1.807) is 0 Å². The van der Waals surface area contributed by atoms with Crippen LogP contribution in [0, 0.1) is 5.92 Å². The molecule has 0 spiro atoms. The molecule has 2 fully saturated rings. The minimum Gasteiger partial charge on any atom is -0.380 e. The smallest absolute Gasteiger partial charge is 0.0698 e. The molecular formula is C15H30N2O. The summed E-state index contributed by atoms with van der Waals surface area (Å²) >= 11 is 0. The Morgan fingerprint density at radius 1 is 1.28 bits per heavy atom. The van der Waals surface area contributed by atoms with Gasteiger partial charge in [0.05, 0.1) is 6.10 Å². The number of rotatable bonds is 4. The fourth-order valence-corrected chi connectivity index (χ4v) is 4.23. The first kappa shape index (κ1) is 14.3. The van der Waals surface area contributed by atoms with E-state index in [-0.39, 0.29) is 5.54 Å². The fourth-order valence-electron chi connectivity index (χ4n) is 4.23. The molecule has 0 radical (unpaired) electrons. The van der Waals surface area contributed by atoms with E-state index >= 15 is 0 Å². The van der Waals surface area contributed by atoms with E-state index in [9.17, 15) is 0 Å². The van der Waals surface area contributed by atoms with Crippen LogP contribution in [0.15, 0.2) is 0 Å². The van der Waals surface area contributed by atoms with Crippen molar-refractivity contribution in [2.75, 3.05) is 26.7 Å². The molecule has 3 unspecified atom stereocenters. The third-order valence-electron chi connectivity index (χ3n) is 5.36. The van der Waals surface area contributed by atoms with Crippen molar-refractivity contribution in [2.24, 2.45) is 11.7 Å². The standard InChI is InChI=1S/C15H30N2O/c1-3-13-7-4-5-9-15(13,12-16)17-10-6-8-14(11-17)18-2/h13-14H,3-12,16H2,1-2H3. The van der Waals surface area contributed by atoms with Crippen molar-refractivity contribution in [2.45, 2.75) is 63.5 Å². The van der Waals surface area contributed by atoms with Crippen molar-refractivity contribution in [3.8, 4) is 0 Å². The molecule has 1 saturated heterocycles. The summed E-state index contributed by atoms with van der Waals surface area (Å²) in [5.74, 6) is 0.784. The molecule has 0 amide bonds. The number of ether oxygens (including phenoxy) is 1. The second kappa shape index (κ2) is 6.36. The van der Waals surface area contributed by atoms with Crippen LogP contribution in [0.3, 0.4) is 0 Å². The largest absolute Gasteiger partial charge is 0.380 e. The average molecular weight is 254 g/mol. The van der Waals surface area contributed by atoms with Crippen LogP contribution in [0.1, 0.15) is 51.9 Å². The Kier molecular flexibility index (Phi) is 5.05. The van der Waals surface area contributed by atoms with Gasteiger partial charge >= 0.3 is 0 Å². The van der Waals surface area contributed by atoms with Crippen LogP contribution in [0.4, 0.5) is 0 Å². The zero-order valence-electron chi connectivity index (χ0n) is 12.2. The van der Waals surface area contributed by atoms with E-state index in [2.05, 4.69) is 11.8 Å². The molecule has 1 aliphatic carbocycles. The van der Waals surface area contributed by atoms with Gasteiger partial charge in [-0.25, -0.2) is 0 Å². The van der Waals surface area contributed by atoms with Gasteiger partial charge in [-0.3, -0.25) is 4.90 Å². The van der Waals surface area contributed by atoms with E-state index < -0.39 is 0 Å². The molecule has 106 valence electrons. The highest BCUT2D eigenvalue weighted by atomic mass is 16.5. The first-order chi connectivity index (χ1) is 8.76. The summed E-state index contributed by atoms with van der Waals surface area (Å²) in [5.41, 5.74) is 6.51. The summed E-state index contributed by atoms with van der Waals surface area (Å²) in [6.45, 7) is 5.46.